The van der Waals surface area contributed by atoms with Crippen LogP contribution in [0.5, 0.6) is 0 Å². The van der Waals surface area contributed by atoms with Crippen LogP contribution >= 0.6 is 11.6 Å². The zero-order valence-electron chi connectivity index (χ0n) is 12.2. The quantitative estimate of drug-likeness (QED) is 0.723. The number of nitrogens with zero attached hydrogens (tertiary/aromatic N) is 1. The van der Waals surface area contributed by atoms with Crippen LogP contribution in [0.4, 0.5) is 0 Å². The fourth-order valence-corrected chi connectivity index (χ4v) is 5.64. The molecule has 0 aromatic rings. The third-order valence-electron chi connectivity index (χ3n) is 5.77. The van der Waals surface area contributed by atoms with Crippen LogP contribution in [0.25, 0.3) is 0 Å². The van der Waals surface area contributed by atoms with Crippen LogP contribution in [0.3, 0.4) is 0 Å². The summed E-state index contributed by atoms with van der Waals surface area (Å²) in [5.41, 5.74) is 0.450. The van der Waals surface area contributed by atoms with Crippen molar-refractivity contribution in [1.82, 2.24) is 4.90 Å². The maximum Gasteiger partial charge on any atom is 0.226 e. The minimum atomic E-state index is -0.0411. The minimum absolute atomic E-state index is 0.0411. The molecule has 0 aromatic carbocycles. The number of amides is 1. The van der Waals surface area contributed by atoms with Gasteiger partial charge in [0.25, 0.3) is 0 Å². The molecule has 0 aromatic heterocycles. The summed E-state index contributed by atoms with van der Waals surface area (Å²) < 4.78 is 0. The highest BCUT2D eigenvalue weighted by molar-refractivity contribution is 6.19. The Morgan fingerprint density at radius 3 is 2.11 bits per heavy atom. The van der Waals surface area contributed by atoms with Crippen molar-refractivity contribution in [3.8, 4) is 0 Å². The number of hydrogen-bond acceptors (Lipinski definition) is 1. The third kappa shape index (κ3) is 2.53. The second-order valence-electron chi connectivity index (χ2n) is 7.67. The van der Waals surface area contributed by atoms with Crippen molar-refractivity contribution in [2.45, 2.75) is 45.4 Å². The molecule has 4 bridgehead atoms. The zero-order valence-corrected chi connectivity index (χ0v) is 13.0. The Morgan fingerprint density at radius 1 is 1.21 bits per heavy atom. The summed E-state index contributed by atoms with van der Waals surface area (Å²) in [6, 6.07) is 0. The van der Waals surface area contributed by atoms with E-state index in [-0.39, 0.29) is 11.8 Å². The summed E-state index contributed by atoms with van der Waals surface area (Å²) in [7, 11) is 1.98. The second-order valence-corrected chi connectivity index (χ2v) is 7.98. The first-order valence-corrected chi connectivity index (χ1v) is 8.36. The molecular weight excluding hydrogens is 258 g/mol. The molecule has 4 rings (SSSR count). The van der Waals surface area contributed by atoms with Crippen molar-refractivity contribution < 1.29 is 4.79 Å². The number of halogens is 1. The average molecular weight is 284 g/mol. The molecule has 4 saturated carbocycles. The van der Waals surface area contributed by atoms with Crippen molar-refractivity contribution in [1.29, 1.82) is 0 Å². The molecule has 19 heavy (non-hydrogen) atoms. The maximum absolute atomic E-state index is 12.2. The van der Waals surface area contributed by atoms with E-state index in [0.29, 0.717) is 11.3 Å². The SMILES string of the molecule is CC(CCl)C(=O)N(C)CC12CC3CC(CC(C3)C1)C2. The predicted octanol–water partition coefficient (Wildman–Crippen LogP) is 3.54. The molecule has 0 saturated heterocycles. The minimum Gasteiger partial charge on any atom is -0.345 e. The van der Waals surface area contributed by atoms with E-state index in [0.717, 1.165) is 24.3 Å². The van der Waals surface area contributed by atoms with Crippen LogP contribution < -0.4 is 0 Å². The second kappa shape index (κ2) is 4.95. The van der Waals surface area contributed by atoms with Crippen molar-refractivity contribution in [3.05, 3.63) is 0 Å². The highest BCUT2D eigenvalue weighted by Gasteiger charge is 2.51. The van der Waals surface area contributed by atoms with Crippen molar-refractivity contribution >= 4 is 17.5 Å². The van der Waals surface area contributed by atoms with E-state index in [1.165, 1.54) is 38.5 Å². The molecule has 1 unspecified atom stereocenters. The van der Waals surface area contributed by atoms with Gasteiger partial charge in [0.05, 0.1) is 0 Å². The van der Waals surface area contributed by atoms with E-state index in [9.17, 15) is 4.79 Å². The number of carbonyl (C=O) groups excluding carboxylic acids is 1. The zero-order chi connectivity index (χ0) is 13.6. The first-order chi connectivity index (χ1) is 9.01. The van der Waals surface area contributed by atoms with Crippen LogP contribution in [0.15, 0.2) is 0 Å². The Balaban J connectivity index is 1.67. The number of hydrogen-bond donors (Lipinski definition) is 0. The molecule has 1 atom stereocenters. The predicted molar refractivity (Wildman–Crippen MR) is 78.1 cm³/mol. The molecule has 0 spiro atoms. The lowest BCUT2D eigenvalue weighted by molar-refractivity contribution is -0.138. The van der Waals surface area contributed by atoms with Crippen LogP contribution in [-0.4, -0.2) is 30.3 Å². The van der Waals surface area contributed by atoms with Gasteiger partial charge in [-0.3, -0.25) is 4.79 Å². The largest absolute Gasteiger partial charge is 0.345 e. The van der Waals surface area contributed by atoms with E-state index in [2.05, 4.69) is 0 Å². The number of rotatable bonds is 4. The topological polar surface area (TPSA) is 20.3 Å². The Bertz CT molecular complexity index is 332. The first-order valence-electron chi connectivity index (χ1n) is 7.82. The number of carbonyl (C=O) groups is 1. The molecule has 3 heteroatoms. The van der Waals surface area contributed by atoms with Gasteiger partial charge in [0.2, 0.25) is 5.91 Å². The summed E-state index contributed by atoms with van der Waals surface area (Å²) in [4.78, 5) is 14.2. The monoisotopic (exact) mass is 283 g/mol. The lowest BCUT2D eigenvalue weighted by Crippen LogP contribution is -2.52. The standard InChI is InChI=1S/C16H26ClNO/c1-11(9-17)15(19)18(2)10-16-6-12-3-13(7-16)5-14(4-12)8-16/h11-14H,3-10H2,1-2H3. The van der Waals surface area contributed by atoms with Crippen LogP contribution in [0.1, 0.15) is 45.4 Å². The maximum atomic E-state index is 12.2. The highest BCUT2D eigenvalue weighted by atomic mass is 35.5. The summed E-state index contributed by atoms with van der Waals surface area (Å²) in [5.74, 6) is 3.50. The van der Waals surface area contributed by atoms with Gasteiger partial charge in [-0.25, -0.2) is 0 Å². The molecule has 4 aliphatic carbocycles. The van der Waals surface area contributed by atoms with Gasteiger partial charge in [0.15, 0.2) is 0 Å². The molecule has 4 fully saturated rings. The van der Waals surface area contributed by atoms with Crippen molar-refractivity contribution in [2.24, 2.45) is 29.1 Å². The van der Waals surface area contributed by atoms with Crippen LogP contribution in [-0.2, 0) is 4.79 Å². The molecule has 2 nitrogen and oxygen atoms in total. The summed E-state index contributed by atoms with van der Waals surface area (Å²) in [5, 5.41) is 0. The Labute approximate surface area is 121 Å². The van der Waals surface area contributed by atoms with Gasteiger partial charge >= 0.3 is 0 Å². The lowest BCUT2D eigenvalue weighted by Gasteiger charge is -2.57. The molecule has 108 valence electrons. The third-order valence-corrected chi connectivity index (χ3v) is 6.23. The molecule has 0 aliphatic heterocycles. The summed E-state index contributed by atoms with van der Waals surface area (Å²) >= 11 is 5.82. The van der Waals surface area contributed by atoms with Gasteiger partial charge in [0.1, 0.15) is 0 Å². The van der Waals surface area contributed by atoms with Crippen molar-refractivity contribution in [3.63, 3.8) is 0 Å². The van der Waals surface area contributed by atoms with Gasteiger partial charge in [-0.15, -0.1) is 11.6 Å². The van der Waals surface area contributed by atoms with Gasteiger partial charge < -0.3 is 4.90 Å². The molecule has 1 amide bonds. The molecule has 0 radical (unpaired) electrons. The fourth-order valence-electron chi connectivity index (χ4n) is 5.51. The Morgan fingerprint density at radius 2 is 1.68 bits per heavy atom. The van der Waals surface area contributed by atoms with E-state index in [4.69, 9.17) is 11.6 Å². The average Bonchev–Trinajstić information content (AvgIpc) is 2.34. The fraction of sp³-hybridized carbons (Fsp3) is 0.938. The Kier molecular flexibility index (Phi) is 3.57. The summed E-state index contributed by atoms with van der Waals surface area (Å²) in [6.45, 7) is 2.90. The number of alkyl halides is 1. The van der Waals surface area contributed by atoms with E-state index in [1.54, 1.807) is 0 Å². The van der Waals surface area contributed by atoms with Crippen LogP contribution in [0, 0.1) is 29.1 Å². The van der Waals surface area contributed by atoms with E-state index in [1.807, 2.05) is 18.9 Å². The van der Waals surface area contributed by atoms with Crippen LogP contribution in [0.2, 0.25) is 0 Å². The molecular formula is C16H26ClNO. The molecule has 4 aliphatic rings. The highest BCUT2D eigenvalue weighted by Crippen LogP contribution is 2.60. The first kappa shape index (κ1) is 13.7. The van der Waals surface area contributed by atoms with E-state index >= 15 is 0 Å². The normalized spacial score (nSPS) is 41.3. The lowest BCUT2D eigenvalue weighted by atomic mass is 9.49. The van der Waals surface area contributed by atoms with Crippen molar-refractivity contribution in [2.75, 3.05) is 19.5 Å². The smallest absolute Gasteiger partial charge is 0.226 e. The summed E-state index contributed by atoms with van der Waals surface area (Å²) in [6.07, 6.45) is 8.50. The van der Waals surface area contributed by atoms with Gasteiger partial charge in [-0.2, -0.15) is 0 Å². The Hall–Kier alpha value is -0.240. The molecule has 0 heterocycles. The molecule has 0 N–H and O–H groups in total. The van der Waals surface area contributed by atoms with E-state index < -0.39 is 0 Å². The van der Waals surface area contributed by atoms with Gasteiger partial charge in [0, 0.05) is 25.4 Å². The van der Waals surface area contributed by atoms with Gasteiger partial charge in [-0.05, 0) is 61.7 Å². The van der Waals surface area contributed by atoms with Gasteiger partial charge in [-0.1, -0.05) is 6.92 Å².